The third-order valence-corrected chi connectivity index (χ3v) is 5.01. The summed E-state index contributed by atoms with van der Waals surface area (Å²) in [6.45, 7) is 0.0901. The largest absolute Gasteiger partial charge is 0.488 e. The summed E-state index contributed by atoms with van der Waals surface area (Å²) in [6.07, 6.45) is -3.39. The number of ether oxygens (including phenoxy) is 1. The topological polar surface area (TPSA) is 120 Å². The van der Waals surface area contributed by atoms with Crippen LogP contribution in [0.1, 0.15) is 16.7 Å². The van der Waals surface area contributed by atoms with Crippen LogP contribution < -0.4 is 10.2 Å². The van der Waals surface area contributed by atoms with E-state index in [2.05, 4.69) is 26.5 Å². The average Bonchev–Trinajstić information content (AvgIpc) is 2.78. The summed E-state index contributed by atoms with van der Waals surface area (Å²) < 4.78 is 44.6. The highest BCUT2D eigenvalue weighted by molar-refractivity contribution is 9.10. The number of hydrogen-bond donors (Lipinski definition) is 1. The van der Waals surface area contributed by atoms with Gasteiger partial charge in [0.25, 0.3) is 11.4 Å². The van der Waals surface area contributed by atoms with Crippen molar-refractivity contribution < 1.29 is 27.8 Å². The maximum Gasteiger partial charge on any atom is 0.416 e. The van der Waals surface area contributed by atoms with Gasteiger partial charge in [0, 0.05) is 18.2 Å². The van der Waals surface area contributed by atoms with Crippen LogP contribution in [0.4, 0.5) is 30.2 Å². The van der Waals surface area contributed by atoms with Crippen molar-refractivity contribution in [1.82, 2.24) is 0 Å². The van der Waals surface area contributed by atoms with Crippen molar-refractivity contribution >= 4 is 39.2 Å². The highest BCUT2D eigenvalue weighted by Crippen LogP contribution is 2.35. The van der Waals surface area contributed by atoms with Crippen LogP contribution in [-0.2, 0) is 12.8 Å². The Labute approximate surface area is 198 Å². The first-order valence-corrected chi connectivity index (χ1v) is 10.1. The average molecular weight is 539 g/mol. The summed E-state index contributed by atoms with van der Waals surface area (Å²) in [5.41, 5.74) is 1.38. The van der Waals surface area contributed by atoms with E-state index in [1.807, 2.05) is 0 Å². The summed E-state index contributed by atoms with van der Waals surface area (Å²) in [6, 6.07) is 13.0. The van der Waals surface area contributed by atoms with Crippen molar-refractivity contribution in [3.05, 3.63) is 102 Å². The van der Waals surface area contributed by atoms with Gasteiger partial charge in [-0.3, -0.25) is 25.7 Å². The van der Waals surface area contributed by atoms with Gasteiger partial charge in [-0.1, -0.05) is 12.1 Å². The lowest BCUT2D eigenvalue weighted by molar-refractivity contribution is -0.385. The molecule has 0 bridgehead atoms. The molecule has 0 aliphatic rings. The Morgan fingerprint density at radius 3 is 2.44 bits per heavy atom. The number of non-ortho nitro benzene ring substituents is 1. The molecule has 0 aliphatic carbocycles. The summed E-state index contributed by atoms with van der Waals surface area (Å²) in [7, 11) is 0. The smallest absolute Gasteiger partial charge is 0.416 e. The second kappa shape index (κ2) is 10.3. The number of nitro benzene ring substituents is 2. The molecule has 0 saturated heterocycles. The maximum atomic E-state index is 12.8. The normalized spacial score (nSPS) is 11.4. The summed E-state index contributed by atoms with van der Waals surface area (Å²) in [4.78, 5) is 20.6. The van der Waals surface area contributed by atoms with Crippen molar-refractivity contribution in [2.45, 2.75) is 12.8 Å². The van der Waals surface area contributed by atoms with Crippen molar-refractivity contribution in [2.24, 2.45) is 5.10 Å². The van der Waals surface area contributed by atoms with Crippen LogP contribution in [0.5, 0.6) is 5.75 Å². The van der Waals surface area contributed by atoms with Gasteiger partial charge in [-0.25, -0.2) is 0 Å². The molecule has 9 nitrogen and oxygen atoms in total. The van der Waals surface area contributed by atoms with E-state index in [1.165, 1.54) is 18.3 Å². The van der Waals surface area contributed by atoms with E-state index in [0.717, 1.165) is 12.1 Å². The Kier molecular flexibility index (Phi) is 7.46. The fourth-order valence-electron chi connectivity index (χ4n) is 2.77. The predicted octanol–water partition coefficient (Wildman–Crippen LogP) is 6.31. The van der Waals surface area contributed by atoms with Gasteiger partial charge in [-0.15, -0.1) is 0 Å². The molecule has 0 heterocycles. The second-order valence-electron chi connectivity index (χ2n) is 6.76. The standard InChI is InChI=1S/C21H14BrF3N4O5/c22-17-9-13(4-7-20(17)34-12-14-2-1-3-16(8-14)28(30)31)11-26-27-18-6-5-15(21(23,24)25)10-19(18)29(32)33/h1-11,27H,12H2/b26-11-. The Morgan fingerprint density at radius 1 is 1.03 bits per heavy atom. The molecule has 0 spiro atoms. The first-order chi connectivity index (χ1) is 16.0. The van der Waals surface area contributed by atoms with Crippen molar-refractivity contribution in [2.75, 3.05) is 5.43 Å². The fourth-order valence-corrected chi connectivity index (χ4v) is 3.28. The number of nitrogens with zero attached hydrogens (tertiary/aromatic N) is 3. The minimum Gasteiger partial charge on any atom is -0.488 e. The zero-order valence-electron chi connectivity index (χ0n) is 17.0. The molecule has 0 fully saturated rings. The van der Waals surface area contributed by atoms with E-state index in [1.54, 1.807) is 30.3 Å². The number of halogens is 4. The quantitative estimate of drug-likeness (QED) is 0.204. The molecule has 3 rings (SSSR count). The zero-order chi connectivity index (χ0) is 24.9. The number of benzene rings is 3. The number of hydrogen-bond acceptors (Lipinski definition) is 7. The Balaban J connectivity index is 1.68. The lowest BCUT2D eigenvalue weighted by atomic mass is 10.1. The molecule has 3 aromatic rings. The molecule has 0 atom stereocenters. The van der Waals surface area contributed by atoms with Gasteiger partial charge >= 0.3 is 6.18 Å². The Bertz CT molecular complexity index is 1270. The third kappa shape index (κ3) is 6.28. The fraction of sp³-hybridized carbons (Fsp3) is 0.0952. The van der Waals surface area contributed by atoms with E-state index in [-0.39, 0.29) is 18.0 Å². The molecule has 0 saturated carbocycles. The molecule has 13 heteroatoms. The van der Waals surface area contributed by atoms with Crippen LogP contribution in [0.3, 0.4) is 0 Å². The molecule has 0 amide bonds. The van der Waals surface area contributed by atoms with Crippen LogP contribution in [0.15, 0.2) is 70.2 Å². The highest BCUT2D eigenvalue weighted by Gasteiger charge is 2.33. The van der Waals surface area contributed by atoms with Crippen LogP contribution in [0, 0.1) is 20.2 Å². The number of nitro groups is 2. The molecule has 3 aromatic carbocycles. The first-order valence-electron chi connectivity index (χ1n) is 9.35. The van der Waals surface area contributed by atoms with Gasteiger partial charge in [0.2, 0.25) is 0 Å². The Morgan fingerprint density at radius 2 is 1.79 bits per heavy atom. The predicted molar refractivity (Wildman–Crippen MR) is 121 cm³/mol. The van der Waals surface area contributed by atoms with Crippen LogP contribution >= 0.6 is 15.9 Å². The van der Waals surface area contributed by atoms with Gasteiger partial charge in [-0.05, 0) is 57.4 Å². The van der Waals surface area contributed by atoms with Crippen LogP contribution in [-0.4, -0.2) is 16.1 Å². The van der Waals surface area contributed by atoms with Gasteiger partial charge in [0.05, 0.1) is 26.1 Å². The maximum absolute atomic E-state index is 12.8. The van der Waals surface area contributed by atoms with E-state index in [9.17, 15) is 33.4 Å². The molecule has 34 heavy (non-hydrogen) atoms. The van der Waals surface area contributed by atoms with Gasteiger partial charge in [-0.2, -0.15) is 18.3 Å². The molecule has 1 N–H and O–H groups in total. The number of alkyl halides is 3. The molecule has 0 aliphatic heterocycles. The third-order valence-electron chi connectivity index (χ3n) is 4.39. The van der Waals surface area contributed by atoms with E-state index in [4.69, 9.17) is 4.74 Å². The molecular formula is C21H14BrF3N4O5. The summed E-state index contributed by atoms with van der Waals surface area (Å²) >= 11 is 3.34. The first kappa shape index (κ1) is 24.6. The van der Waals surface area contributed by atoms with E-state index in [0.29, 0.717) is 27.4 Å². The van der Waals surface area contributed by atoms with Crippen LogP contribution in [0.2, 0.25) is 0 Å². The number of nitrogens with one attached hydrogen (secondary N) is 1. The SMILES string of the molecule is O=[N+]([O-])c1cccc(COc2ccc(/C=N\Nc3ccc(C(F)(F)F)cc3[N+](=O)[O-])cc2Br)c1. The lowest BCUT2D eigenvalue weighted by Gasteiger charge is -2.09. The Hall–Kier alpha value is -4.00. The van der Waals surface area contributed by atoms with Crippen molar-refractivity contribution in [3.63, 3.8) is 0 Å². The van der Waals surface area contributed by atoms with Gasteiger partial charge in [0.1, 0.15) is 18.0 Å². The second-order valence-corrected chi connectivity index (χ2v) is 7.62. The molecule has 176 valence electrons. The van der Waals surface area contributed by atoms with Gasteiger partial charge < -0.3 is 4.74 Å². The minimum atomic E-state index is -4.71. The molecule has 0 aromatic heterocycles. The molecule has 0 unspecified atom stereocenters. The minimum absolute atomic E-state index is 0.0486. The van der Waals surface area contributed by atoms with E-state index >= 15 is 0 Å². The van der Waals surface area contributed by atoms with Crippen molar-refractivity contribution in [1.29, 1.82) is 0 Å². The number of anilines is 1. The van der Waals surface area contributed by atoms with E-state index < -0.39 is 27.3 Å². The number of hydrazone groups is 1. The molecular weight excluding hydrogens is 525 g/mol. The monoisotopic (exact) mass is 538 g/mol. The van der Waals surface area contributed by atoms with Crippen LogP contribution in [0.25, 0.3) is 0 Å². The summed E-state index contributed by atoms with van der Waals surface area (Å²) in [5.74, 6) is 0.454. The number of rotatable bonds is 8. The zero-order valence-corrected chi connectivity index (χ0v) is 18.5. The lowest BCUT2D eigenvalue weighted by Crippen LogP contribution is -2.06. The summed E-state index contributed by atoms with van der Waals surface area (Å²) in [5, 5.41) is 25.8. The molecule has 0 radical (unpaired) electrons. The van der Waals surface area contributed by atoms with Crippen molar-refractivity contribution in [3.8, 4) is 5.75 Å². The highest BCUT2D eigenvalue weighted by atomic mass is 79.9. The van der Waals surface area contributed by atoms with Gasteiger partial charge in [0.15, 0.2) is 0 Å².